The van der Waals surface area contributed by atoms with Crippen molar-refractivity contribution in [1.29, 1.82) is 0 Å². The molecular formula is C14H30N2O. The van der Waals surface area contributed by atoms with Crippen molar-refractivity contribution < 1.29 is 5.11 Å². The van der Waals surface area contributed by atoms with Gasteiger partial charge in [-0.25, -0.2) is 0 Å². The average molecular weight is 242 g/mol. The summed E-state index contributed by atoms with van der Waals surface area (Å²) < 4.78 is 0. The molecule has 0 amide bonds. The predicted molar refractivity (Wildman–Crippen MR) is 73.2 cm³/mol. The summed E-state index contributed by atoms with van der Waals surface area (Å²) in [6.45, 7) is 11.0. The van der Waals surface area contributed by atoms with Crippen LogP contribution in [0.1, 0.15) is 53.4 Å². The smallest absolute Gasteiger partial charge is 0.0613 e. The maximum absolute atomic E-state index is 9.64. The van der Waals surface area contributed by atoms with Crippen LogP contribution in [0.3, 0.4) is 0 Å². The van der Waals surface area contributed by atoms with E-state index in [0.29, 0.717) is 0 Å². The molecule has 1 aliphatic carbocycles. The maximum Gasteiger partial charge on any atom is 0.0613 e. The standard InChI is InChI=1S/C14H30N2O/c1-12-6-5-7-14(10-12,11-17)16-9-8-15-13(2,3)4/h12,15-17H,5-11H2,1-4H3. The molecule has 3 N–H and O–H groups in total. The van der Waals surface area contributed by atoms with Gasteiger partial charge in [-0.15, -0.1) is 0 Å². The predicted octanol–water partition coefficient (Wildman–Crippen LogP) is 1.91. The molecule has 1 aliphatic rings. The van der Waals surface area contributed by atoms with Gasteiger partial charge in [0.2, 0.25) is 0 Å². The molecule has 102 valence electrons. The van der Waals surface area contributed by atoms with Crippen molar-refractivity contribution in [1.82, 2.24) is 10.6 Å². The minimum Gasteiger partial charge on any atom is -0.394 e. The second-order valence-corrected chi connectivity index (χ2v) is 6.74. The van der Waals surface area contributed by atoms with Gasteiger partial charge in [-0.05, 0) is 39.5 Å². The van der Waals surface area contributed by atoms with Crippen molar-refractivity contribution in [2.45, 2.75) is 64.5 Å². The normalized spacial score (nSPS) is 30.5. The SMILES string of the molecule is CC1CCCC(CO)(NCCNC(C)(C)C)C1. The fraction of sp³-hybridized carbons (Fsp3) is 1.00. The summed E-state index contributed by atoms with van der Waals surface area (Å²) in [6.07, 6.45) is 4.77. The maximum atomic E-state index is 9.64. The van der Waals surface area contributed by atoms with Crippen LogP contribution < -0.4 is 10.6 Å². The van der Waals surface area contributed by atoms with Gasteiger partial charge in [-0.1, -0.05) is 19.8 Å². The van der Waals surface area contributed by atoms with Crippen LogP contribution in [0, 0.1) is 5.92 Å². The lowest BCUT2D eigenvalue weighted by atomic mass is 9.77. The Balaban J connectivity index is 2.31. The van der Waals surface area contributed by atoms with Gasteiger partial charge in [-0.2, -0.15) is 0 Å². The van der Waals surface area contributed by atoms with Gasteiger partial charge in [0.25, 0.3) is 0 Å². The van der Waals surface area contributed by atoms with Crippen LogP contribution in [-0.4, -0.2) is 35.9 Å². The van der Waals surface area contributed by atoms with Crippen molar-refractivity contribution in [3.8, 4) is 0 Å². The lowest BCUT2D eigenvalue weighted by Gasteiger charge is -2.40. The van der Waals surface area contributed by atoms with E-state index in [1.807, 2.05) is 0 Å². The number of aliphatic hydroxyl groups is 1. The highest BCUT2D eigenvalue weighted by Gasteiger charge is 2.33. The molecule has 3 nitrogen and oxygen atoms in total. The molecule has 0 saturated heterocycles. The second kappa shape index (κ2) is 6.17. The first-order valence-electron chi connectivity index (χ1n) is 6.98. The lowest BCUT2D eigenvalue weighted by molar-refractivity contribution is 0.0997. The Labute approximate surface area is 106 Å². The molecule has 1 fully saturated rings. The Hall–Kier alpha value is -0.120. The van der Waals surface area contributed by atoms with E-state index in [2.05, 4.69) is 38.3 Å². The van der Waals surface area contributed by atoms with E-state index in [1.54, 1.807) is 0 Å². The van der Waals surface area contributed by atoms with Gasteiger partial charge in [0.15, 0.2) is 0 Å². The van der Waals surface area contributed by atoms with E-state index in [1.165, 1.54) is 12.8 Å². The summed E-state index contributed by atoms with van der Waals surface area (Å²) in [5.74, 6) is 0.735. The first-order chi connectivity index (χ1) is 7.87. The molecule has 0 aromatic carbocycles. The van der Waals surface area contributed by atoms with E-state index in [4.69, 9.17) is 0 Å². The molecule has 1 rings (SSSR count). The van der Waals surface area contributed by atoms with Crippen molar-refractivity contribution in [2.24, 2.45) is 5.92 Å². The van der Waals surface area contributed by atoms with E-state index in [-0.39, 0.29) is 17.7 Å². The highest BCUT2D eigenvalue weighted by atomic mass is 16.3. The molecule has 0 aliphatic heterocycles. The second-order valence-electron chi connectivity index (χ2n) is 6.74. The molecule has 0 heterocycles. The highest BCUT2D eigenvalue weighted by molar-refractivity contribution is 4.92. The van der Waals surface area contributed by atoms with Crippen LogP contribution in [0.15, 0.2) is 0 Å². The summed E-state index contributed by atoms with van der Waals surface area (Å²) in [5.41, 5.74) is 0.158. The molecule has 0 aromatic rings. The number of rotatable bonds is 5. The fourth-order valence-corrected chi connectivity index (χ4v) is 2.79. The Morgan fingerprint density at radius 3 is 2.53 bits per heavy atom. The molecule has 0 aromatic heterocycles. The van der Waals surface area contributed by atoms with Gasteiger partial charge in [0.05, 0.1) is 6.61 Å². The molecule has 0 radical (unpaired) electrons. The van der Waals surface area contributed by atoms with Crippen LogP contribution in [-0.2, 0) is 0 Å². The zero-order valence-corrected chi connectivity index (χ0v) is 12.0. The van der Waals surface area contributed by atoms with Crippen LogP contribution in [0.2, 0.25) is 0 Å². The summed E-state index contributed by atoms with van der Waals surface area (Å²) in [6, 6.07) is 0. The number of hydrogen-bond acceptors (Lipinski definition) is 3. The summed E-state index contributed by atoms with van der Waals surface area (Å²) in [5, 5.41) is 16.7. The monoisotopic (exact) mass is 242 g/mol. The first-order valence-corrected chi connectivity index (χ1v) is 6.98. The Morgan fingerprint density at radius 2 is 2.00 bits per heavy atom. The van der Waals surface area contributed by atoms with E-state index < -0.39 is 0 Å². The van der Waals surface area contributed by atoms with E-state index in [0.717, 1.165) is 31.8 Å². The zero-order chi connectivity index (χ0) is 12.9. The fourth-order valence-electron chi connectivity index (χ4n) is 2.79. The number of hydrogen-bond donors (Lipinski definition) is 3. The van der Waals surface area contributed by atoms with Crippen LogP contribution >= 0.6 is 0 Å². The number of aliphatic hydroxyl groups excluding tert-OH is 1. The molecule has 0 spiro atoms. The van der Waals surface area contributed by atoms with Gasteiger partial charge in [0, 0.05) is 24.2 Å². The van der Waals surface area contributed by atoms with Crippen molar-refractivity contribution in [3.05, 3.63) is 0 Å². The molecule has 1 saturated carbocycles. The van der Waals surface area contributed by atoms with Crippen molar-refractivity contribution >= 4 is 0 Å². The minimum absolute atomic E-state index is 0.0166. The van der Waals surface area contributed by atoms with E-state index in [9.17, 15) is 5.11 Å². The first kappa shape index (κ1) is 14.9. The number of nitrogens with one attached hydrogen (secondary N) is 2. The van der Waals surface area contributed by atoms with Gasteiger partial charge in [0.1, 0.15) is 0 Å². The van der Waals surface area contributed by atoms with Gasteiger partial charge < -0.3 is 15.7 Å². The van der Waals surface area contributed by atoms with Crippen LogP contribution in [0.5, 0.6) is 0 Å². The molecular weight excluding hydrogens is 212 g/mol. The minimum atomic E-state index is -0.0166. The topological polar surface area (TPSA) is 44.3 Å². The van der Waals surface area contributed by atoms with Crippen LogP contribution in [0.4, 0.5) is 0 Å². The van der Waals surface area contributed by atoms with E-state index >= 15 is 0 Å². The average Bonchev–Trinajstić information content (AvgIpc) is 2.23. The molecule has 17 heavy (non-hydrogen) atoms. The quantitative estimate of drug-likeness (QED) is 0.645. The third-order valence-corrected chi connectivity index (χ3v) is 3.67. The lowest BCUT2D eigenvalue weighted by Crippen LogP contribution is -2.54. The third kappa shape index (κ3) is 5.36. The van der Waals surface area contributed by atoms with Gasteiger partial charge in [-0.3, -0.25) is 0 Å². The zero-order valence-electron chi connectivity index (χ0n) is 12.0. The Morgan fingerprint density at radius 1 is 1.29 bits per heavy atom. The molecule has 3 heteroatoms. The van der Waals surface area contributed by atoms with Crippen LogP contribution in [0.25, 0.3) is 0 Å². The summed E-state index contributed by atoms with van der Waals surface area (Å²) in [4.78, 5) is 0. The highest BCUT2D eigenvalue weighted by Crippen LogP contribution is 2.31. The van der Waals surface area contributed by atoms with Crippen molar-refractivity contribution in [2.75, 3.05) is 19.7 Å². The summed E-state index contributed by atoms with van der Waals surface area (Å²) >= 11 is 0. The molecule has 2 unspecified atom stereocenters. The molecule has 0 bridgehead atoms. The largest absolute Gasteiger partial charge is 0.394 e. The Kier molecular flexibility index (Phi) is 5.42. The Bertz CT molecular complexity index is 225. The molecule has 2 atom stereocenters. The third-order valence-electron chi connectivity index (χ3n) is 3.67. The van der Waals surface area contributed by atoms with Crippen molar-refractivity contribution in [3.63, 3.8) is 0 Å². The summed E-state index contributed by atoms with van der Waals surface area (Å²) in [7, 11) is 0. The van der Waals surface area contributed by atoms with Gasteiger partial charge >= 0.3 is 0 Å².